The average Bonchev–Trinajstić information content (AvgIpc) is 2.31. The van der Waals surface area contributed by atoms with Crippen molar-refractivity contribution in [2.45, 2.75) is 58.3 Å². The lowest BCUT2D eigenvalue weighted by molar-refractivity contribution is -0.266. The van der Waals surface area contributed by atoms with Crippen molar-refractivity contribution in [2.24, 2.45) is 0 Å². The zero-order valence-corrected chi connectivity index (χ0v) is 11.0. The van der Waals surface area contributed by atoms with Gasteiger partial charge in [-0.25, -0.2) is 0 Å². The number of amides is 1. The Labute approximate surface area is 105 Å². The predicted molar refractivity (Wildman–Crippen MR) is 66.7 cm³/mol. The molecule has 0 aliphatic rings. The van der Waals surface area contributed by atoms with E-state index >= 15 is 0 Å². The Balaban J connectivity index is 3.33. The van der Waals surface area contributed by atoms with Crippen LogP contribution in [0.2, 0.25) is 0 Å². The summed E-state index contributed by atoms with van der Waals surface area (Å²) in [6.07, 6.45) is 8.33. The van der Waals surface area contributed by atoms with Gasteiger partial charge in [0.25, 0.3) is 0 Å². The van der Waals surface area contributed by atoms with Crippen molar-refractivity contribution in [1.82, 2.24) is 4.90 Å². The molecule has 0 fully saturated rings. The number of hydrogen-bond donors (Lipinski definition) is 1. The number of nitrogens with zero attached hydrogens (tertiary/aromatic N) is 1. The molecule has 0 spiro atoms. The van der Waals surface area contributed by atoms with Crippen molar-refractivity contribution in [3.8, 4) is 0 Å². The predicted octanol–water partition coefficient (Wildman–Crippen LogP) is 1.76. The zero-order valence-electron chi connectivity index (χ0n) is 11.0. The maximum Gasteiger partial charge on any atom is 0.137 e. The van der Waals surface area contributed by atoms with Crippen LogP contribution in [0.15, 0.2) is 0 Å². The monoisotopic (exact) mass is 244 g/mol. The number of carboxylic acid groups (broad SMARTS) is 1. The number of carbonyl (C=O) groups is 1. The Morgan fingerprint density at radius 2 is 1.53 bits per heavy atom. The van der Waals surface area contributed by atoms with Crippen molar-refractivity contribution < 1.29 is 15.0 Å². The first-order chi connectivity index (χ1) is 8.22. The molecular weight excluding hydrogens is 218 g/mol. The fourth-order valence-corrected chi connectivity index (χ4v) is 1.85. The van der Waals surface area contributed by atoms with Crippen LogP contribution in [0.25, 0.3) is 0 Å². The van der Waals surface area contributed by atoms with E-state index in [-0.39, 0.29) is 13.2 Å². The lowest BCUT2D eigenvalue weighted by Crippen LogP contribution is -2.43. The number of hydrogen-bond acceptors (Lipinski definition) is 3. The Morgan fingerprint density at radius 1 is 1.00 bits per heavy atom. The fourth-order valence-electron chi connectivity index (χ4n) is 1.85. The van der Waals surface area contributed by atoms with Crippen LogP contribution in [0.4, 0.5) is 4.79 Å². The first kappa shape index (κ1) is 16.2. The maximum atomic E-state index is 10.6. The normalized spacial score (nSPS) is 10.5. The minimum atomic E-state index is -1.18. The van der Waals surface area contributed by atoms with Gasteiger partial charge in [0.15, 0.2) is 0 Å². The topological polar surface area (TPSA) is 63.6 Å². The molecule has 0 unspecified atom stereocenters. The SMILES string of the molecule is CCCCCCCCCCN(CCO)C(=O)[O-]. The minimum Gasteiger partial charge on any atom is -0.530 e. The van der Waals surface area contributed by atoms with Crippen LogP contribution in [0.3, 0.4) is 0 Å². The van der Waals surface area contributed by atoms with Crippen molar-refractivity contribution in [3.05, 3.63) is 0 Å². The summed E-state index contributed by atoms with van der Waals surface area (Å²) < 4.78 is 0. The third-order valence-corrected chi connectivity index (χ3v) is 2.91. The number of aliphatic hydroxyl groups excluding tert-OH is 1. The van der Waals surface area contributed by atoms with Crippen molar-refractivity contribution >= 4 is 6.09 Å². The van der Waals surface area contributed by atoms with Gasteiger partial charge in [-0.2, -0.15) is 0 Å². The molecule has 0 aliphatic heterocycles. The smallest absolute Gasteiger partial charge is 0.137 e. The van der Waals surface area contributed by atoms with Crippen LogP contribution in [-0.2, 0) is 0 Å². The number of carbonyl (C=O) groups excluding carboxylic acids is 1. The average molecular weight is 244 g/mol. The van der Waals surface area contributed by atoms with Crippen LogP contribution in [0, 0.1) is 0 Å². The third-order valence-electron chi connectivity index (χ3n) is 2.91. The summed E-state index contributed by atoms with van der Waals surface area (Å²) in [4.78, 5) is 11.8. The molecule has 17 heavy (non-hydrogen) atoms. The molecule has 0 aliphatic carbocycles. The van der Waals surface area contributed by atoms with E-state index in [1.54, 1.807) is 0 Å². The minimum absolute atomic E-state index is 0.134. The van der Waals surface area contributed by atoms with Crippen LogP contribution in [0.1, 0.15) is 58.3 Å². The van der Waals surface area contributed by atoms with Crippen molar-refractivity contribution in [3.63, 3.8) is 0 Å². The molecule has 0 aromatic rings. The summed E-state index contributed by atoms with van der Waals surface area (Å²) in [7, 11) is 0. The molecule has 0 radical (unpaired) electrons. The Hall–Kier alpha value is -0.770. The molecule has 0 saturated heterocycles. The van der Waals surface area contributed by atoms with Crippen molar-refractivity contribution in [2.75, 3.05) is 19.7 Å². The summed E-state index contributed by atoms with van der Waals surface area (Å²) in [6.45, 7) is 2.72. The van der Waals surface area contributed by atoms with Gasteiger partial charge in [0.1, 0.15) is 6.09 Å². The third kappa shape index (κ3) is 10.1. The highest BCUT2D eigenvalue weighted by molar-refractivity contribution is 5.62. The summed E-state index contributed by atoms with van der Waals surface area (Å²) in [5, 5.41) is 19.3. The maximum absolute atomic E-state index is 10.6. The summed E-state index contributed by atoms with van der Waals surface area (Å²) >= 11 is 0. The van der Waals surface area contributed by atoms with Gasteiger partial charge in [-0.15, -0.1) is 0 Å². The second-order valence-electron chi connectivity index (χ2n) is 4.45. The van der Waals surface area contributed by atoms with Crippen LogP contribution in [-0.4, -0.2) is 35.8 Å². The van der Waals surface area contributed by atoms with Crippen molar-refractivity contribution in [1.29, 1.82) is 0 Å². The second kappa shape index (κ2) is 11.7. The van der Waals surface area contributed by atoms with Gasteiger partial charge in [0.2, 0.25) is 0 Å². The van der Waals surface area contributed by atoms with E-state index in [1.807, 2.05) is 0 Å². The van der Waals surface area contributed by atoms with E-state index < -0.39 is 6.09 Å². The molecule has 0 aromatic carbocycles. The Kier molecular flexibility index (Phi) is 11.2. The van der Waals surface area contributed by atoms with Crippen LogP contribution >= 0.6 is 0 Å². The van der Waals surface area contributed by atoms with Gasteiger partial charge in [0.05, 0.1) is 6.61 Å². The highest BCUT2D eigenvalue weighted by atomic mass is 16.4. The fraction of sp³-hybridized carbons (Fsp3) is 0.923. The molecule has 0 heterocycles. The quantitative estimate of drug-likeness (QED) is 0.563. The van der Waals surface area contributed by atoms with Crippen LogP contribution < -0.4 is 5.11 Å². The van der Waals surface area contributed by atoms with Gasteiger partial charge in [-0.3, -0.25) is 0 Å². The van der Waals surface area contributed by atoms with Gasteiger partial charge >= 0.3 is 0 Å². The van der Waals surface area contributed by atoms with Crippen LogP contribution in [0.5, 0.6) is 0 Å². The number of aliphatic hydroxyl groups is 1. The van der Waals surface area contributed by atoms with Gasteiger partial charge in [-0.1, -0.05) is 51.9 Å². The highest BCUT2D eigenvalue weighted by Crippen LogP contribution is 2.08. The standard InChI is InChI=1S/C13H27NO3/c1-2-3-4-5-6-7-8-9-10-14(11-12-15)13(16)17/h15H,2-12H2,1H3,(H,16,17)/p-1. The lowest BCUT2D eigenvalue weighted by Gasteiger charge is -2.23. The summed E-state index contributed by atoms with van der Waals surface area (Å²) in [6, 6.07) is 0. The molecule has 4 nitrogen and oxygen atoms in total. The van der Waals surface area contributed by atoms with E-state index in [9.17, 15) is 9.90 Å². The van der Waals surface area contributed by atoms with Gasteiger partial charge in [-0.05, 0) is 6.42 Å². The molecule has 4 heteroatoms. The second-order valence-corrected chi connectivity index (χ2v) is 4.45. The molecular formula is C13H26NO3-. The Morgan fingerprint density at radius 3 is 2.00 bits per heavy atom. The van der Waals surface area contributed by atoms with E-state index in [0.717, 1.165) is 12.8 Å². The molecule has 102 valence electrons. The van der Waals surface area contributed by atoms with E-state index in [2.05, 4.69) is 6.92 Å². The summed E-state index contributed by atoms with van der Waals surface area (Å²) in [5.74, 6) is 0. The van der Waals surface area contributed by atoms with E-state index in [4.69, 9.17) is 5.11 Å². The van der Waals surface area contributed by atoms with E-state index in [0.29, 0.717) is 6.54 Å². The molecule has 0 aromatic heterocycles. The zero-order chi connectivity index (χ0) is 12.9. The molecule has 1 N–H and O–H groups in total. The van der Waals surface area contributed by atoms with Gasteiger partial charge < -0.3 is 19.9 Å². The van der Waals surface area contributed by atoms with E-state index in [1.165, 1.54) is 43.4 Å². The summed E-state index contributed by atoms with van der Waals surface area (Å²) in [5.41, 5.74) is 0. The molecule has 0 bridgehead atoms. The molecule has 0 saturated carbocycles. The first-order valence-electron chi connectivity index (χ1n) is 6.79. The highest BCUT2D eigenvalue weighted by Gasteiger charge is 2.02. The lowest BCUT2D eigenvalue weighted by atomic mass is 10.1. The Bertz CT molecular complexity index is 186. The molecule has 0 rings (SSSR count). The largest absolute Gasteiger partial charge is 0.530 e. The van der Waals surface area contributed by atoms with Gasteiger partial charge in [0, 0.05) is 13.1 Å². The molecule has 0 atom stereocenters. The first-order valence-corrected chi connectivity index (χ1v) is 6.79. The molecule has 1 amide bonds. The number of rotatable bonds is 11. The number of unbranched alkanes of at least 4 members (excludes halogenated alkanes) is 7.